The second-order valence-electron chi connectivity index (χ2n) is 3.35. The highest BCUT2D eigenvalue weighted by Gasteiger charge is 2.11. The van der Waals surface area contributed by atoms with Gasteiger partial charge in [0.25, 0.3) is 0 Å². The SMILES string of the molecule is NC(=O)c1ccccc1-c1ncccc1N. The van der Waals surface area contributed by atoms with Crippen LogP contribution in [0, 0.1) is 0 Å². The van der Waals surface area contributed by atoms with Gasteiger partial charge in [-0.2, -0.15) is 0 Å². The summed E-state index contributed by atoms with van der Waals surface area (Å²) in [5, 5.41) is 0. The molecule has 0 fully saturated rings. The molecule has 4 nitrogen and oxygen atoms in total. The Bertz CT molecular complexity index is 537. The molecule has 2 rings (SSSR count). The lowest BCUT2D eigenvalue weighted by Crippen LogP contribution is -2.12. The molecule has 1 aromatic carbocycles. The zero-order chi connectivity index (χ0) is 11.5. The van der Waals surface area contributed by atoms with Gasteiger partial charge in [-0.3, -0.25) is 9.78 Å². The van der Waals surface area contributed by atoms with Crippen LogP contribution in [0.5, 0.6) is 0 Å². The maximum atomic E-state index is 11.3. The number of aromatic nitrogens is 1. The summed E-state index contributed by atoms with van der Waals surface area (Å²) in [6, 6.07) is 10.5. The van der Waals surface area contributed by atoms with Crippen molar-refractivity contribution in [2.75, 3.05) is 5.73 Å². The van der Waals surface area contributed by atoms with E-state index in [2.05, 4.69) is 4.98 Å². The number of nitrogens with zero attached hydrogens (tertiary/aromatic N) is 1. The Morgan fingerprint density at radius 1 is 1.12 bits per heavy atom. The zero-order valence-corrected chi connectivity index (χ0v) is 8.55. The van der Waals surface area contributed by atoms with E-state index in [0.717, 1.165) is 0 Å². The predicted molar refractivity (Wildman–Crippen MR) is 62.6 cm³/mol. The van der Waals surface area contributed by atoms with Crippen molar-refractivity contribution in [2.45, 2.75) is 0 Å². The first-order chi connectivity index (χ1) is 7.70. The van der Waals surface area contributed by atoms with E-state index < -0.39 is 5.91 Å². The number of carbonyl (C=O) groups is 1. The van der Waals surface area contributed by atoms with Crippen LogP contribution in [0.4, 0.5) is 5.69 Å². The molecule has 0 spiro atoms. The largest absolute Gasteiger partial charge is 0.397 e. The Kier molecular flexibility index (Phi) is 2.55. The van der Waals surface area contributed by atoms with Crippen molar-refractivity contribution < 1.29 is 4.79 Å². The van der Waals surface area contributed by atoms with E-state index in [4.69, 9.17) is 11.5 Å². The summed E-state index contributed by atoms with van der Waals surface area (Å²) < 4.78 is 0. The lowest BCUT2D eigenvalue weighted by atomic mass is 10.0. The number of hydrogen-bond acceptors (Lipinski definition) is 3. The Morgan fingerprint density at radius 3 is 2.56 bits per heavy atom. The number of nitrogens with two attached hydrogens (primary N) is 2. The molecule has 80 valence electrons. The molecule has 0 aliphatic rings. The normalized spacial score (nSPS) is 10.0. The van der Waals surface area contributed by atoms with Crippen LogP contribution in [-0.2, 0) is 0 Å². The number of pyridine rings is 1. The molecule has 1 aromatic heterocycles. The zero-order valence-electron chi connectivity index (χ0n) is 8.55. The van der Waals surface area contributed by atoms with Crippen molar-refractivity contribution >= 4 is 11.6 Å². The molecule has 2 aromatic rings. The third kappa shape index (κ3) is 1.72. The van der Waals surface area contributed by atoms with E-state index in [1.807, 2.05) is 6.07 Å². The van der Waals surface area contributed by atoms with Gasteiger partial charge in [-0.1, -0.05) is 18.2 Å². The average Bonchev–Trinajstić information content (AvgIpc) is 2.29. The van der Waals surface area contributed by atoms with E-state index in [9.17, 15) is 4.79 Å². The van der Waals surface area contributed by atoms with E-state index in [-0.39, 0.29) is 0 Å². The van der Waals surface area contributed by atoms with Gasteiger partial charge in [0.15, 0.2) is 0 Å². The van der Waals surface area contributed by atoms with Crippen LogP contribution in [0.25, 0.3) is 11.3 Å². The topological polar surface area (TPSA) is 82.0 Å². The second-order valence-corrected chi connectivity index (χ2v) is 3.35. The van der Waals surface area contributed by atoms with E-state index >= 15 is 0 Å². The smallest absolute Gasteiger partial charge is 0.249 e. The standard InChI is InChI=1S/C12H11N3O/c13-10-6-3-7-15-11(10)8-4-1-2-5-9(8)12(14)16/h1-7H,13H2,(H2,14,16). The highest BCUT2D eigenvalue weighted by atomic mass is 16.1. The number of nitrogen functional groups attached to an aromatic ring is 1. The van der Waals surface area contributed by atoms with Crippen LogP contribution in [0.15, 0.2) is 42.6 Å². The Labute approximate surface area is 92.9 Å². The second kappa shape index (κ2) is 4.02. The van der Waals surface area contributed by atoms with Crippen LogP contribution in [0.1, 0.15) is 10.4 Å². The van der Waals surface area contributed by atoms with Gasteiger partial charge in [0, 0.05) is 17.3 Å². The van der Waals surface area contributed by atoms with Crippen LogP contribution < -0.4 is 11.5 Å². The van der Waals surface area contributed by atoms with Gasteiger partial charge in [0.05, 0.1) is 11.4 Å². The van der Waals surface area contributed by atoms with Gasteiger partial charge in [-0.05, 0) is 18.2 Å². The maximum absolute atomic E-state index is 11.3. The molecular weight excluding hydrogens is 202 g/mol. The summed E-state index contributed by atoms with van der Waals surface area (Å²) in [4.78, 5) is 15.4. The first kappa shape index (κ1) is 10.2. The van der Waals surface area contributed by atoms with Crippen LogP contribution in [0.3, 0.4) is 0 Å². The molecule has 16 heavy (non-hydrogen) atoms. The molecule has 1 amide bonds. The molecule has 0 aliphatic heterocycles. The fourth-order valence-corrected chi connectivity index (χ4v) is 1.55. The first-order valence-electron chi connectivity index (χ1n) is 4.80. The van der Waals surface area contributed by atoms with E-state index in [1.165, 1.54) is 0 Å². The minimum absolute atomic E-state index is 0.424. The quantitative estimate of drug-likeness (QED) is 0.791. The number of carbonyl (C=O) groups excluding carboxylic acids is 1. The molecule has 4 N–H and O–H groups in total. The van der Waals surface area contributed by atoms with Gasteiger partial charge in [-0.15, -0.1) is 0 Å². The lowest BCUT2D eigenvalue weighted by Gasteiger charge is -2.07. The van der Waals surface area contributed by atoms with Gasteiger partial charge >= 0.3 is 0 Å². The molecule has 0 atom stereocenters. The number of amides is 1. The predicted octanol–water partition coefficient (Wildman–Crippen LogP) is 1.43. The molecular formula is C12H11N3O. The molecule has 0 radical (unpaired) electrons. The van der Waals surface area contributed by atoms with Gasteiger partial charge in [0.2, 0.25) is 5.91 Å². The summed E-state index contributed by atoms with van der Waals surface area (Å²) in [6.45, 7) is 0. The van der Waals surface area contributed by atoms with Crippen molar-refractivity contribution in [1.82, 2.24) is 4.98 Å². The number of anilines is 1. The summed E-state index contributed by atoms with van der Waals surface area (Å²) in [7, 11) is 0. The van der Waals surface area contributed by atoms with Crippen LogP contribution in [0.2, 0.25) is 0 Å². The number of primary amides is 1. The van der Waals surface area contributed by atoms with Gasteiger partial charge in [0.1, 0.15) is 0 Å². The number of rotatable bonds is 2. The molecule has 0 saturated carbocycles. The average molecular weight is 213 g/mol. The molecule has 0 bridgehead atoms. The van der Waals surface area contributed by atoms with Crippen molar-refractivity contribution in [3.63, 3.8) is 0 Å². The summed E-state index contributed by atoms with van der Waals surface area (Å²) >= 11 is 0. The van der Waals surface area contributed by atoms with Gasteiger partial charge < -0.3 is 11.5 Å². The first-order valence-corrected chi connectivity index (χ1v) is 4.80. The van der Waals surface area contributed by atoms with Gasteiger partial charge in [-0.25, -0.2) is 0 Å². The number of benzene rings is 1. The van der Waals surface area contributed by atoms with Crippen molar-refractivity contribution in [2.24, 2.45) is 5.73 Å². The van der Waals surface area contributed by atoms with Crippen LogP contribution >= 0.6 is 0 Å². The summed E-state index contributed by atoms with van der Waals surface area (Å²) in [5.74, 6) is -0.486. The fourth-order valence-electron chi connectivity index (χ4n) is 1.55. The third-order valence-electron chi connectivity index (χ3n) is 2.29. The summed E-state index contributed by atoms with van der Waals surface area (Å²) in [5.41, 5.74) is 13.3. The highest BCUT2D eigenvalue weighted by molar-refractivity contribution is 6.00. The Balaban J connectivity index is 2.65. The Morgan fingerprint density at radius 2 is 1.88 bits per heavy atom. The highest BCUT2D eigenvalue weighted by Crippen LogP contribution is 2.25. The van der Waals surface area contributed by atoms with Crippen molar-refractivity contribution in [3.05, 3.63) is 48.2 Å². The lowest BCUT2D eigenvalue weighted by molar-refractivity contribution is 0.100. The van der Waals surface area contributed by atoms with Crippen molar-refractivity contribution in [1.29, 1.82) is 0 Å². The molecule has 0 aliphatic carbocycles. The number of hydrogen-bond donors (Lipinski definition) is 2. The molecule has 0 unspecified atom stereocenters. The van der Waals surface area contributed by atoms with Crippen LogP contribution in [-0.4, -0.2) is 10.9 Å². The minimum Gasteiger partial charge on any atom is -0.397 e. The monoisotopic (exact) mass is 213 g/mol. The van der Waals surface area contributed by atoms with Crippen molar-refractivity contribution in [3.8, 4) is 11.3 Å². The van der Waals surface area contributed by atoms with E-state index in [1.54, 1.807) is 36.5 Å². The molecule has 0 saturated heterocycles. The fraction of sp³-hybridized carbons (Fsp3) is 0. The summed E-state index contributed by atoms with van der Waals surface area (Å²) in [6.07, 6.45) is 1.63. The molecule has 4 heteroatoms. The minimum atomic E-state index is -0.486. The molecule has 1 heterocycles. The third-order valence-corrected chi connectivity index (χ3v) is 2.29. The Hall–Kier alpha value is -2.36. The maximum Gasteiger partial charge on any atom is 0.249 e. The van der Waals surface area contributed by atoms with E-state index in [0.29, 0.717) is 22.5 Å².